The van der Waals surface area contributed by atoms with Crippen LogP contribution in [0.1, 0.15) is 68.2 Å². The predicted molar refractivity (Wildman–Crippen MR) is 106 cm³/mol. The van der Waals surface area contributed by atoms with Crippen molar-refractivity contribution >= 4 is 6.79 Å². The van der Waals surface area contributed by atoms with Crippen LogP contribution in [0.25, 0.3) is 0 Å². The normalized spacial score (nSPS) is 11.8. The molecule has 1 aromatic rings. The van der Waals surface area contributed by atoms with Crippen molar-refractivity contribution in [2.24, 2.45) is 5.41 Å². The van der Waals surface area contributed by atoms with E-state index < -0.39 is 0 Å². The summed E-state index contributed by atoms with van der Waals surface area (Å²) in [6, 6.07) is 12.0. The fourth-order valence-electron chi connectivity index (χ4n) is 1.09. The van der Waals surface area contributed by atoms with E-state index >= 15 is 0 Å². The molecule has 1 saturated carbocycles. The summed E-state index contributed by atoms with van der Waals surface area (Å²) in [5.41, 5.74) is 0.527. The first-order valence-corrected chi connectivity index (χ1v) is 8.78. The summed E-state index contributed by atoms with van der Waals surface area (Å²) in [5.74, 6) is 0. The zero-order valence-electron chi connectivity index (χ0n) is 16.8. The van der Waals surface area contributed by atoms with Gasteiger partial charge in [0.1, 0.15) is 6.79 Å². The number of carbonyl (C=O) groups is 1. The van der Waals surface area contributed by atoms with Crippen LogP contribution in [0.3, 0.4) is 0 Å². The van der Waals surface area contributed by atoms with Gasteiger partial charge in [-0.1, -0.05) is 90.9 Å². The summed E-state index contributed by atoms with van der Waals surface area (Å²) in [6.45, 7) is 19.1. The van der Waals surface area contributed by atoms with Crippen LogP contribution in [0.2, 0.25) is 0 Å². The highest BCUT2D eigenvalue weighted by Crippen LogP contribution is 2.44. The smallest absolute Gasteiger partial charge is 0.106 e. The minimum atomic E-state index is 0.527. The maximum absolute atomic E-state index is 8.00. The van der Waals surface area contributed by atoms with Gasteiger partial charge < -0.3 is 9.53 Å². The number of hydrogen-bond acceptors (Lipinski definition) is 2. The molecule has 0 spiro atoms. The zero-order valence-corrected chi connectivity index (χ0v) is 16.8. The van der Waals surface area contributed by atoms with E-state index in [0.717, 1.165) is 6.61 Å². The molecule has 0 aromatic heterocycles. The molecule has 0 radical (unpaired) electrons. The number of allylic oxidation sites excluding steroid dienone is 1. The summed E-state index contributed by atoms with van der Waals surface area (Å²) in [4.78, 5) is 8.00. The number of ether oxygens (including phenoxy) is 1. The summed E-state index contributed by atoms with van der Waals surface area (Å²) in [6.07, 6.45) is 6.37. The topological polar surface area (TPSA) is 26.3 Å². The second-order valence-corrected chi connectivity index (χ2v) is 4.25. The molecule has 0 heterocycles. The van der Waals surface area contributed by atoms with E-state index in [4.69, 9.17) is 9.53 Å². The van der Waals surface area contributed by atoms with Crippen molar-refractivity contribution in [3.63, 3.8) is 0 Å². The minimum Gasteiger partial charge on any atom is -0.501 e. The molecule has 1 aliphatic rings. The first-order valence-electron chi connectivity index (χ1n) is 8.78. The van der Waals surface area contributed by atoms with E-state index in [1.807, 2.05) is 97.7 Å². The van der Waals surface area contributed by atoms with Crippen LogP contribution in [-0.4, -0.2) is 13.4 Å². The highest BCUT2D eigenvalue weighted by Gasteiger charge is 2.37. The lowest BCUT2D eigenvalue weighted by Crippen LogP contribution is -2.01. The van der Waals surface area contributed by atoms with Gasteiger partial charge in [-0.3, -0.25) is 0 Å². The Morgan fingerprint density at radius 2 is 1.17 bits per heavy atom. The molecule has 0 atom stereocenters. The Balaban J connectivity index is -0.000000113. The first kappa shape index (κ1) is 29.4. The van der Waals surface area contributed by atoms with Crippen LogP contribution in [0.15, 0.2) is 48.7 Å². The molecule has 2 nitrogen and oxygen atoms in total. The first-order chi connectivity index (χ1) is 11.3. The number of rotatable bonds is 3. The third-order valence-corrected chi connectivity index (χ3v) is 2.43. The van der Waals surface area contributed by atoms with Crippen molar-refractivity contribution in [2.75, 3.05) is 6.61 Å². The molecule has 136 valence electrons. The van der Waals surface area contributed by atoms with Gasteiger partial charge >= 0.3 is 0 Å². The Bertz CT molecular complexity index is 263. The van der Waals surface area contributed by atoms with Gasteiger partial charge in [0.05, 0.1) is 12.9 Å². The predicted octanol–water partition coefficient (Wildman–Crippen LogP) is 6.92. The minimum absolute atomic E-state index is 0.527. The highest BCUT2D eigenvalue weighted by atomic mass is 16.5. The molecule has 0 saturated heterocycles. The maximum atomic E-state index is 8.00. The van der Waals surface area contributed by atoms with Gasteiger partial charge in [0.25, 0.3) is 0 Å². The van der Waals surface area contributed by atoms with Crippen LogP contribution in [0, 0.1) is 5.41 Å². The Labute approximate surface area is 146 Å². The largest absolute Gasteiger partial charge is 0.501 e. The van der Waals surface area contributed by atoms with Crippen molar-refractivity contribution in [3.05, 3.63) is 48.7 Å². The standard InChI is InChI=1S/C8H14O.C6H6.3C2H6.CH2O/c1-3-6-9-7-8(2)4-5-8;1-2-4-6-5-3-1;4*1-2/h3,6H,4-5,7H2,1-2H3;1-6H;3*1-2H3;1H2/b6-3+;;;;;. The van der Waals surface area contributed by atoms with Gasteiger partial charge in [0.2, 0.25) is 0 Å². The highest BCUT2D eigenvalue weighted by molar-refractivity contribution is 5.11. The Hall–Kier alpha value is -1.57. The van der Waals surface area contributed by atoms with Crippen LogP contribution < -0.4 is 0 Å². The lowest BCUT2D eigenvalue weighted by molar-refractivity contribution is -0.0979. The average Bonchev–Trinajstić information content (AvgIpc) is 3.41. The molecular weight excluding hydrogens is 284 g/mol. The zero-order chi connectivity index (χ0) is 19.0. The summed E-state index contributed by atoms with van der Waals surface area (Å²) < 4.78 is 5.23. The van der Waals surface area contributed by atoms with E-state index in [1.165, 1.54) is 12.8 Å². The average molecular weight is 325 g/mol. The Morgan fingerprint density at radius 3 is 1.39 bits per heavy atom. The maximum Gasteiger partial charge on any atom is 0.106 e. The third kappa shape index (κ3) is 29.1. The third-order valence-electron chi connectivity index (χ3n) is 2.43. The van der Waals surface area contributed by atoms with Gasteiger partial charge in [-0.25, -0.2) is 0 Å². The van der Waals surface area contributed by atoms with Crippen molar-refractivity contribution in [2.45, 2.75) is 68.2 Å². The molecule has 23 heavy (non-hydrogen) atoms. The monoisotopic (exact) mass is 324 g/mol. The van der Waals surface area contributed by atoms with Gasteiger partial charge in [-0.05, 0) is 19.8 Å². The molecular formula is C21H40O2. The summed E-state index contributed by atoms with van der Waals surface area (Å²) >= 11 is 0. The van der Waals surface area contributed by atoms with E-state index in [-0.39, 0.29) is 0 Å². The molecule has 0 bridgehead atoms. The fraction of sp³-hybridized carbons (Fsp3) is 0.571. The van der Waals surface area contributed by atoms with Gasteiger partial charge in [0.15, 0.2) is 0 Å². The SMILES string of the molecule is C/C=C/OCC1(C)CC1.C=O.CC.CC.CC.c1ccccc1. The summed E-state index contributed by atoms with van der Waals surface area (Å²) in [7, 11) is 0. The lowest BCUT2D eigenvalue weighted by Gasteiger charge is -2.05. The molecule has 1 aliphatic carbocycles. The van der Waals surface area contributed by atoms with Crippen LogP contribution in [0.5, 0.6) is 0 Å². The second-order valence-electron chi connectivity index (χ2n) is 4.25. The van der Waals surface area contributed by atoms with E-state index in [0.29, 0.717) is 5.41 Å². The van der Waals surface area contributed by atoms with Crippen molar-refractivity contribution < 1.29 is 9.53 Å². The lowest BCUT2D eigenvalue weighted by atomic mass is 10.2. The van der Waals surface area contributed by atoms with Crippen LogP contribution in [-0.2, 0) is 9.53 Å². The molecule has 1 fully saturated rings. The number of hydrogen-bond donors (Lipinski definition) is 0. The van der Waals surface area contributed by atoms with E-state index in [2.05, 4.69) is 6.92 Å². The molecule has 0 aliphatic heterocycles. The molecule has 2 rings (SSSR count). The van der Waals surface area contributed by atoms with E-state index in [9.17, 15) is 0 Å². The van der Waals surface area contributed by atoms with Crippen molar-refractivity contribution in [3.8, 4) is 0 Å². The quantitative estimate of drug-likeness (QED) is 0.564. The molecule has 0 N–H and O–H groups in total. The van der Waals surface area contributed by atoms with Gasteiger partial charge in [0, 0.05) is 5.41 Å². The fourth-order valence-corrected chi connectivity index (χ4v) is 1.09. The molecule has 2 heteroatoms. The number of carbonyl (C=O) groups excluding carboxylic acids is 1. The summed E-state index contributed by atoms with van der Waals surface area (Å²) in [5, 5.41) is 0. The second kappa shape index (κ2) is 28.6. The Kier molecular flexibility index (Phi) is 36.6. The van der Waals surface area contributed by atoms with Crippen LogP contribution in [0.4, 0.5) is 0 Å². The van der Waals surface area contributed by atoms with Gasteiger partial charge in [-0.2, -0.15) is 0 Å². The number of benzene rings is 1. The van der Waals surface area contributed by atoms with Crippen molar-refractivity contribution in [1.29, 1.82) is 0 Å². The van der Waals surface area contributed by atoms with E-state index in [1.54, 1.807) is 6.26 Å². The Morgan fingerprint density at radius 1 is 0.870 bits per heavy atom. The molecule has 1 aromatic carbocycles. The van der Waals surface area contributed by atoms with Crippen molar-refractivity contribution in [1.82, 2.24) is 0 Å². The van der Waals surface area contributed by atoms with Crippen LogP contribution >= 0.6 is 0 Å². The van der Waals surface area contributed by atoms with Gasteiger partial charge in [-0.15, -0.1) is 0 Å². The molecule has 0 unspecified atom stereocenters. The molecule has 0 amide bonds.